The summed E-state index contributed by atoms with van der Waals surface area (Å²) in [5, 5.41) is 8.96. The van der Waals surface area contributed by atoms with E-state index < -0.39 is 11.9 Å². The van der Waals surface area contributed by atoms with E-state index in [-0.39, 0.29) is 6.42 Å². The molecule has 0 spiro atoms. The van der Waals surface area contributed by atoms with E-state index in [2.05, 4.69) is 0 Å². The summed E-state index contributed by atoms with van der Waals surface area (Å²) in [6.45, 7) is 0. The lowest BCUT2D eigenvalue weighted by atomic mass is 9.97. The number of halogens is 3. The molecule has 1 atom stereocenters. The van der Waals surface area contributed by atoms with Crippen molar-refractivity contribution >= 4 is 0 Å². The van der Waals surface area contributed by atoms with E-state index in [9.17, 15) is 13.2 Å². The van der Waals surface area contributed by atoms with Gasteiger partial charge in [0.05, 0.1) is 0 Å². The van der Waals surface area contributed by atoms with Crippen molar-refractivity contribution in [2.24, 2.45) is 11.7 Å². The van der Waals surface area contributed by atoms with Crippen molar-refractivity contribution in [3.05, 3.63) is 0 Å². The van der Waals surface area contributed by atoms with E-state index in [1.165, 1.54) is 0 Å². The Kier molecular flexibility index (Phi) is 3.42. The van der Waals surface area contributed by atoms with E-state index in [4.69, 9.17) is 10.8 Å². The van der Waals surface area contributed by atoms with Crippen LogP contribution >= 0.6 is 0 Å². The molecule has 1 unspecified atom stereocenters. The Balaban J connectivity index is 2.35. The summed E-state index contributed by atoms with van der Waals surface area (Å²) in [4.78, 5) is 0. The lowest BCUT2D eigenvalue weighted by Gasteiger charge is -2.26. The molecule has 0 radical (unpaired) electrons. The van der Waals surface area contributed by atoms with E-state index in [1.807, 2.05) is 0 Å². The van der Waals surface area contributed by atoms with Gasteiger partial charge in [0.15, 0.2) is 0 Å². The highest BCUT2D eigenvalue weighted by atomic mass is 19.4. The summed E-state index contributed by atoms with van der Waals surface area (Å²) in [5.41, 5.74) is 1.80. The van der Waals surface area contributed by atoms with Crippen LogP contribution in [0.3, 0.4) is 0 Å². The van der Waals surface area contributed by atoms with Gasteiger partial charge >= 0.3 is 6.18 Å². The van der Waals surface area contributed by atoms with Gasteiger partial charge in [-0.2, -0.15) is 13.2 Å². The topological polar surface area (TPSA) is 46.2 Å². The van der Waals surface area contributed by atoms with Crippen LogP contribution in [0.5, 0.6) is 0 Å². The standard InChI is InChI=1S/C9H16F3NO/c10-9(11,12)8(13,14)6-5-7-3-1-2-4-7/h7,14H,1-6,13H2. The minimum atomic E-state index is -4.72. The first-order valence-electron chi connectivity index (χ1n) is 4.91. The zero-order valence-electron chi connectivity index (χ0n) is 7.98. The highest BCUT2D eigenvalue weighted by Gasteiger charge is 2.50. The smallest absolute Gasteiger partial charge is 0.368 e. The van der Waals surface area contributed by atoms with Crippen LogP contribution < -0.4 is 5.73 Å². The fraction of sp³-hybridized carbons (Fsp3) is 1.00. The predicted molar refractivity (Wildman–Crippen MR) is 46.4 cm³/mol. The van der Waals surface area contributed by atoms with Crippen LogP contribution in [0.4, 0.5) is 13.2 Å². The molecule has 0 amide bonds. The fourth-order valence-corrected chi connectivity index (χ4v) is 1.86. The van der Waals surface area contributed by atoms with E-state index in [1.54, 1.807) is 0 Å². The third-order valence-electron chi connectivity index (χ3n) is 2.90. The molecule has 84 valence electrons. The highest BCUT2D eigenvalue weighted by molar-refractivity contribution is 4.81. The van der Waals surface area contributed by atoms with Crippen LogP contribution in [0.1, 0.15) is 38.5 Å². The first-order valence-corrected chi connectivity index (χ1v) is 4.91. The molecule has 0 aromatic rings. The Morgan fingerprint density at radius 1 is 1.21 bits per heavy atom. The van der Waals surface area contributed by atoms with Crippen LogP contribution in [0, 0.1) is 5.92 Å². The average molecular weight is 211 g/mol. The Morgan fingerprint density at radius 2 is 1.71 bits per heavy atom. The van der Waals surface area contributed by atoms with E-state index >= 15 is 0 Å². The van der Waals surface area contributed by atoms with Gasteiger partial charge in [0, 0.05) is 0 Å². The predicted octanol–water partition coefficient (Wildman–Crippen LogP) is 2.17. The first-order chi connectivity index (χ1) is 6.33. The third kappa shape index (κ3) is 2.85. The molecule has 1 rings (SSSR count). The molecule has 0 bridgehead atoms. The van der Waals surface area contributed by atoms with Gasteiger partial charge in [-0.25, -0.2) is 0 Å². The molecule has 0 saturated heterocycles. The van der Waals surface area contributed by atoms with Gasteiger partial charge < -0.3 is 5.11 Å². The fourth-order valence-electron chi connectivity index (χ4n) is 1.86. The molecular weight excluding hydrogens is 195 g/mol. The number of alkyl halides is 3. The van der Waals surface area contributed by atoms with Gasteiger partial charge in [-0.3, -0.25) is 5.73 Å². The second-order valence-electron chi connectivity index (χ2n) is 4.11. The first kappa shape index (κ1) is 11.8. The van der Waals surface area contributed by atoms with Crippen molar-refractivity contribution in [1.29, 1.82) is 0 Å². The molecule has 0 aromatic heterocycles. The van der Waals surface area contributed by atoms with Gasteiger partial charge in [0.25, 0.3) is 0 Å². The van der Waals surface area contributed by atoms with Crippen LogP contribution in [0.15, 0.2) is 0 Å². The summed E-state index contributed by atoms with van der Waals surface area (Å²) >= 11 is 0. The number of hydrogen-bond donors (Lipinski definition) is 2. The van der Waals surface area contributed by atoms with Crippen LogP contribution in [0.2, 0.25) is 0 Å². The maximum atomic E-state index is 12.1. The molecule has 1 saturated carbocycles. The lowest BCUT2D eigenvalue weighted by Crippen LogP contribution is -2.53. The third-order valence-corrected chi connectivity index (χ3v) is 2.90. The van der Waals surface area contributed by atoms with Gasteiger partial charge in [-0.1, -0.05) is 25.7 Å². The molecule has 1 aliphatic carbocycles. The molecule has 1 aliphatic rings. The van der Waals surface area contributed by atoms with Crippen molar-refractivity contribution in [2.45, 2.75) is 50.4 Å². The molecule has 0 heterocycles. The summed E-state index contributed by atoms with van der Waals surface area (Å²) in [6, 6.07) is 0. The number of rotatable bonds is 3. The van der Waals surface area contributed by atoms with Crippen LogP contribution in [-0.4, -0.2) is 17.0 Å². The molecule has 2 nitrogen and oxygen atoms in total. The molecular formula is C9H16F3NO. The SMILES string of the molecule is NC(O)(CCC1CCCC1)C(F)(F)F. The van der Waals surface area contributed by atoms with Crippen molar-refractivity contribution < 1.29 is 18.3 Å². The minimum Gasteiger partial charge on any atom is -0.368 e. The van der Waals surface area contributed by atoms with Crippen molar-refractivity contribution in [3.63, 3.8) is 0 Å². The van der Waals surface area contributed by atoms with Crippen LogP contribution in [0.25, 0.3) is 0 Å². The summed E-state index contributed by atoms with van der Waals surface area (Å²) in [5.74, 6) is 0.312. The van der Waals surface area contributed by atoms with Crippen LogP contribution in [-0.2, 0) is 0 Å². The van der Waals surface area contributed by atoms with E-state index in [0.29, 0.717) is 12.3 Å². The quantitative estimate of drug-likeness (QED) is 0.703. The van der Waals surface area contributed by atoms with Gasteiger partial charge in [0.1, 0.15) is 0 Å². The second kappa shape index (κ2) is 4.06. The second-order valence-corrected chi connectivity index (χ2v) is 4.11. The average Bonchev–Trinajstić information content (AvgIpc) is 2.50. The van der Waals surface area contributed by atoms with Gasteiger partial charge in [-0.05, 0) is 18.8 Å². The maximum absolute atomic E-state index is 12.1. The maximum Gasteiger partial charge on any atom is 0.430 e. The summed E-state index contributed by atoms with van der Waals surface area (Å²) < 4.78 is 36.4. The lowest BCUT2D eigenvalue weighted by molar-refractivity contribution is -0.261. The molecule has 14 heavy (non-hydrogen) atoms. The Morgan fingerprint density at radius 3 is 2.14 bits per heavy atom. The highest BCUT2D eigenvalue weighted by Crippen LogP contribution is 2.34. The summed E-state index contributed by atoms with van der Waals surface area (Å²) in [7, 11) is 0. The van der Waals surface area contributed by atoms with Gasteiger partial charge in [-0.15, -0.1) is 0 Å². The Bertz CT molecular complexity index is 185. The molecule has 0 aromatic carbocycles. The van der Waals surface area contributed by atoms with Crippen molar-refractivity contribution in [3.8, 4) is 0 Å². The molecule has 1 fully saturated rings. The Hall–Kier alpha value is -0.290. The van der Waals surface area contributed by atoms with E-state index in [0.717, 1.165) is 25.7 Å². The van der Waals surface area contributed by atoms with Crippen molar-refractivity contribution in [2.75, 3.05) is 0 Å². The zero-order valence-corrected chi connectivity index (χ0v) is 7.98. The largest absolute Gasteiger partial charge is 0.430 e. The monoisotopic (exact) mass is 211 g/mol. The normalized spacial score (nSPS) is 23.8. The molecule has 0 aliphatic heterocycles. The van der Waals surface area contributed by atoms with Gasteiger partial charge in [0.2, 0.25) is 5.72 Å². The minimum absolute atomic E-state index is 0.312. The van der Waals surface area contributed by atoms with Crippen molar-refractivity contribution in [1.82, 2.24) is 0 Å². The Labute approximate surface area is 81.3 Å². The number of nitrogens with two attached hydrogens (primary N) is 1. The molecule has 5 heteroatoms. The zero-order chi connectivity index (χ0) is 10.8. The summed E-state index contributed by atoms with van der Waals surface area (Å²) in [6.07, 6.45) is -0.638. The molecule has 3 N–H and O–H groups in total. The number of hydrogen-bond acceptors (Lipinski definition) is 2. The number of aliphatic hydroxyl groups is 1.